The summed E-state index contributed by atoms with van der Waals surface area (Å²) in [6.45, 7) is 24.0. The van der Waals surface area contributed by atoms with Crippen molar-refractivity contribution in [3.05, 3.63) is 48.6 Å². The molecule has 1 fully saturated rings. The van der Waals surface area contributed by atoms with Gasteiger partial charge < -0.3 is 9.22 Å². The van der Waals surface area contributed by atoms with Crippen LogP contribution in [-0.2, 0) is 15.6 Å². The lowest BCUT2D eigenvalue weighted by atomic mass is 9.81. The second-order valence-corrected chi connectivity index (χ2v) is 23.2. The molecule has 0 unspecified atom stereocenters. The number of rotatable bonds is 13. The van der Waals surface area contributed by atoms with Crippen LogP contribution in [0.3, 0.4) is 0 Å². The number of aryl methyl sites for hydroxylation is 1. The van der Waals surface area contributed by atoms with Gasteiger partial charge in [0.05, 0.1) is 6.10 Å². The van der Waals surface area contributed by atoms with Gasteiger partial charge in [0, 0.05) is 12.3 Å². The summed E-state index contributed by atoms with van der Waals surface area (Å²) in [4.78, 5) is 24.1. The van der Waals surface area contributed by atoms with Gasteiger partial charge in [0.25, 0.3) is 0 Å². The number of benzene rings is 1. The first kappa shape index (κ1) is 31.2. The first-order valence-electron chi connectivity index (χ1n) is 14.1. The van der Waals surface area contributed by atoms with Gasteiger partial charge in [-0.05, 0) is 85.8 Å². The standard InChI is InChI=1S/C31H54O3Si2/c1-11-15-26-27(29(22-28(26)32)34-36(9,10)30(2,3)4)21-20-25(23-31(5,6)35(7,8)33)19-18-24-16-13-12-14-17-24/h11-14,16-17,25-27,29,33H,1,15,18-23H2,2-10H3/t25-,26+,27+,29+/m0/s1. The highest BCUT2D eigenvalue weighted by atomic mass is 28.4. The molecule has 0 bridgehead atoms. The Hall–Kier alpha value is -1.02. The molecular formula is C31H54O3Si2. The SMILES string of the molecule is C=CC[C@H]1C(=O)C[C@@H](O[Si](C)(C)C(C)(C)C)[C@@H]1CC[C@H](CCc1ccccc1)CC(C)(C)[Si](C)(C)O. The Morgan fingerprint density at radius 3 is 2.22 bits per heavy atom. The molecule has 1 aromatic rings. The van der Waals surface area contributed by atoms with Crippen LogP contribution in [0.2, 0.25) is 36.3 Å². The van der Waals surface area contributed by atoms with Crippen LogP contribution in [0.5, 0.6) is 0 Å². The molecule has 2 rings (SSSR count). The third-order valence-corrected chi connectivity index (χ3v) is 17.6. The van der Waals surface area contributed by atoms with Crippen LogP contribution < -0.4 is 0 Å². The molecule has 4 atom stereocenters. The first-order chi connectivity index (χ1) is 16.5. The minimum absolute atomic E-state index is 0.0229. The number of allylic oxidation sites excluding steroid dienone is 1. The van der Waals surface area contributed by atoms with E-state index in [9.17, 15) is 9.59 Å². The van der Waals surface area contributed by atoms with Crippen molar-refractivity contribution in [3.63, 3.8) is 0 Å². The molecule has 3 nitrogen and oxygen atoms in total. The van der Waals surface area contributed by atoms with Gasteiger partial charge in [-0.25, -0.2) is 0 Å². The van der Waals surface area contributed by atoms with E-state index in [4.69, 9.17) is 4.43 Å². The Bertz CT molecular complexity index is 849. The molecule has 0 aromatic heterocycles. The quantitative estimate of drug-likeness (QED) is 0.205. The molecule has 1 saturated carbocycles. The van der Waals surface area contributed by atoms with E-state index in [1.54, 1.807) is 0 Å². The van der Waals surface area contributed by atoms with E-state index in [0.29, 0.717) is 18.1 Å². The second kappa shape index (κ2) is 12.2. The van der Waals surface area contributed by atoms with Gasteiger partial charge >= 0.3 is 0 Å². The molecule has 1 aliphatic carbocycles. The Morgan fingerprint density at radius 1 is 1.08 bits per heavy atom. The third kappa shape index (κ3) is 8.24. The van der Waals surface area contributed by atoms with Crippen molar-refractivity contribution < 1.29 is 14.0 Å². The van der Waals surface area contributed by atoms with Crippen LogP contribution in [0.25, 0.3) is 0 Å². The van der Waals surface area contributed by atoms with E-state index in [-0.39, 0.29) is 28.0 Å². The summed E-state index contributed by atoms with van der Waals surface area (Å²) in [5.41, 5.74) is 1.38. The summed E-state index contributed by atoms with van der Waals surface area (Å²) in [6, 6.07) is 10.7. The monoisotopic (exact) mass is 530 g/mol. The van der Waals surface area contributed by atoms with Gasteiger partial charge in [0.1, 0.15) is 5.78 Å². The number of hydrogen-bond donors (Lipinski definition) is 1. The maximum absolute atomic E-state index is 13.1. The molecule has 0 radical (unpaired) electrons. The van der Waals surface area contributed by atoms with E-state index in [2.05, 4.69) is 97.7 Å². The normalized spacial score (nSPS) is 22.6. The summed E-state index contributed by atoms with van der Waals surface area (Å²) in [5, 5.41) is 0.0636. The van der Waals surface area contributed by atoms with E-state index >= 15 is 0 Å². The predicted molar refractivity (Wildman–Crippen MR) is 159 cm³/mol. The number of ketones is 1. The van der Waals surface area contributed by atoms with E-state index in [1.807, 2.05) is 6.08 Å². The lowest BCUT2D eigenvalue weighted by molar-refractivity contribution is -0.121. The average Bonchev–Trinajstić information content (AvgIpc) is 3.02. The molecule has 0 saturated heterocycles. The summed E-state index contributed by atoms with van der Waals surface area (Å²) in [6.07, 6.45) is 8.50. The number of carbonyl (C=O) groups is 1. The van der Waals surface area contributed by atoms with E-state index in [1.165, 1.54) is 5.56 Å². The zero-order valence-corrected chi connectivity index (χ0v) is 26.7. The molecule has 5 heteroatoms. The second-order valence-electron chi connectivity index (χ2n) is 14.0. The Labute approximate surface area is 224 Å². The minimum atomic E-state index is -2.31. The van der Waals surface area contributed by atoms with Crippen LogP contribution in [-0.4, -0.2) is 33.3 Å². The number of hydrogen-bond acceptors (Lipinski definition) is 3. The van der Waals surface area contributed by atoms with Crippen molar-refractivity contribution in [2.24, 2.45) is 17.8 Å². The van der Waals surface area contributed by atoms with Crippen molar-refractivity contribution >= 4 is 22.4 Å². The van der Waals surface area contributed by atoms with Crippen LogP contribution in [0.1, 0.15) is 78.7 Å². The molecule has 0 spiro atoms. The van der Waals surface area contributed by atoms with Gasteiger partial charge in [0.15, 0.2) is 16.6 Å². The number of Topliss-reactive ketones (excluding diaryl/α,β-unsaturated/α-hetero) is 1. The molecule has 1 aromatic carbocycles. The van der Waals surface area contributed by atoms with Gasteiger partial charge in [-0.1, -0.05) is 77.4 Å². The molecular weight excluding hydrogens is 477 g/mol. The first-order valence-corrected chi connectivity index (χ1v) is 19.9. The van der Waals surface area contributed by atoms with Crippen molar-refractivity contribution in [1.29, 1.82) is 0 Å². The van der Waals surface area contributed by atoms with Crippen LogP contribution in [0.4, 0.5) is 0 Å². The van der Waals surface area contributed by atoms with Crippen molar-refractivity contribution in [2.75, 3.05) is 0 Å². The van der Waals surface area contributed by atoms with E-state index in [0.717, 1.165) is 38.5 Å². The van der Waals surface area contributed by atoms with Crippen LogP contribution in [0.15, 0.2) is 43.0 Å². The highest BCUT2D eigenvalue weighted by Crippen LogP contribution is 2.47. The highest BCUT2D eigenvalue weighted by molar-refractivity contribution is 6.74. The van der Waals surface area contributed by atoms with Gasteiger partial charge in [0.2, 0.25) is 0 Å². The van der Waals surface area contributed by atoms with Crippen LogP contribution >= 0.6 is 0 Å². The minimum Gasteiger partial charge on any atom is -0.432 e. The average molecular weight is 531 g/mol. The summed E-state index contributed by atoms with van der Waals surface area (Å²) in [7, 11) is -4.28. The summed E-state index contributed by atoms with van der Waals surface area (Å²) in [5.74, 6) is 1.15. The lowest BCUT2D eigenvalue weighted by Crippen LogP contribution is -2.45. The smallest absolute Gasteiger partial charge is 0.192 e. The summed E-state index contributed by atoms with van der Waals surface area (Å²) >= 11 is 0. The Kier molecular flexibility index (Phi) is 10.6. The van der Waals surface area contributed by atoms with Crippen molar-refractivity contribution in [1.82, 2.24) is 0 Å². The number of carbonyl (C=O) groups excluding carboxylic acids is 1. The topological polar surface area (TPSA) is 46.5 Å². The zero-order chi connectivity index (χ0) is 27.4. The summed E-state index contributed by atoms with van der Waals surface area (Å²) < 4.78 is 6.89. The lowest BCUT2D eigenvalue weighted by Gasteiger charge is -2.41. The van der Waals surface area contributed by atoms with Crippen molar-refractivity contribution in [3.8, 4) is 0 Å². The fraction of sp³-hybridized carbons (Fsp3) is 0.710. The zero-order valence-electron chi connectivity index (χ0n) is 24.7. The maximum Gasteiger partial charge on any atom is 0.192 e. The largest absolute Gasteiger partial charge is 0.432 e. The Morgan fingerprint density at radius 2 is 1.69 bits per heavy atom. The molecule has 36 heavy (non-hydrogen) atoms. The molecule has 1 aliphatic rings. The fourth-order valence-corrected chi connectivity index (χ4v) is 7.48. The van der Waals surface area contributed by atoms with Gasteiger partial charge in [-0.3, -0.25) is 4.79 Å². The molecule has 0 aliphatic heterocycles. The van der Waals surface area contributed by atoms with Crippen LogP contribution in [0, 0.1) is 17.8 Å². The molecule has 1 N–H and O–H groups in total. The maximum atomic E-state index is 13.1. The van der Waals surface area contributed by atoms with Crippen molar-refractivity contribution in [2.45, 2.75) is 122 Å². The van der Waals surface area contributed by atoms with Gasteiger partial charge in [-0.2, -0.15) is 0 Å². The predicted octanol–water partition coefficient (Wildman–Crippen LogP) is 8.56. The molecule has 0 heterocycles. The van der Waals surface area contributed by atoms with E-state index < -0.39 is 16.6 Å². The molecule has 204 valence electrons. The third-order valence-electron chi connectivity index (χ3n) is 9.53. The molecule has 0 amide bonds. The Balaban J connectivity index is 2.23. The fourth-order valence-electron chi connectivity index (χ4n) is 5.32. The highest BCUT2D eigenvalue weighted by Gasteiger charge is 2.47. The van der Waals surface area contributed by atoms with Gasteiger partial charge in [-0.15, -0.1) is 6.58 Å².